The monoisotopic (exact) mass is 394 g/mol. The van der Waals surface area contributed by atoms with Gasteiger partial charge in [0.25, 0.3) is 5.56 Å². The summed E-state index contributed by atoms with van der Waals surface area (Å²) in [6.45, 7) is 1.04. The van der Waals surface area contributed by atoms with Crippen molar-refractivity contribution in [1.29, 1.82) is 0 Å². The molecule has 0 aliphatic carbocycles. The fourth-order valence-electron chi connectivity index (χ4n) is 3.44. The topological polar surface area (TPSA) is 79.8 Å². The lowest BCUT2D eigenvalue weighted by atomic mass is 10.2. The molecule has 28 heavy (non-hydrogen) atoms. The third kappa shape index (κ3) is 3.64. The molecule has 0 unspecified atom stereocenters. The van der Waals surface area contributed by atoms with Crippen LogP contribution >= 0.6 is 11.6 Å². The standard InChI is InChI=1S/C21H19ClN4O2/c22-15-9-7-14(8-10-15)12-23-19(27)6-3-11-26-18-5-2-1-4-16(18)17-13-24-25-21(28)20(17)26/h1-2,4-5,7-10,13H,3,6,11-12H2,(H,23,27)(H,25,28). The Hall–Kier alpha value is -3.12. The van der Waals surface area contributed by atoms with Crippen molar-refractivity contribution in [2.45, 2.75) is 25.9 Å². The maximum absolute atomic E-state index is 12.3. The number of nitrogens with one attached hydrogen (secondary N) is 2. The number of rotatable bonds is 6. The molecular formula is C21H19ClN4O2. The maximum Gasteiger partial charge on any atom is 0.288 e. The maximum atomic E-state index is 12.3. The molecule has 0 aliphatic heterocycles. The van der Waals surface area contributed by atoms with Crippen LogP contribution in [0.25, 0.3) is 21.8 Å². The van der Waals surface area contributed by atoms with Gasteiger partial charge in [0.1, 0.15) is 5.52 Å². The molecule has 0 saturated carbocycles. The Morgan fingerprint density at radius 3 is 2.71 bits per heavy atom. The molecule has 0 fully saturated rings. The molecule has 2 aromatic heterocycles. The van der Waals surface area contributed by atoms with Crippen molar-refractivity contribution in [2.24, 2.45) is 0 Å². The summed E-state index contributed by atoms with van der Waals surface area (Å²) < 4.78 is 1.97. The van der Waals surface area contributed by atoms with Crippen molar-refractivity contribution in [2.75, 3.05) is 0 Å². The van der Waals surface area contributed by atoms with Crippen LogP contribution in [0.2, 0.25) is 5.02 Å². The van der Waals surface area contributed by atoms with E-state index in [9.17, 15) is 9.59 Å². The summed E-state index contributed by atoms with van der Waals surface area (Å²) in [5.41, 5.74) is 2.34. The second-order valence-corrected chi connectivity index (χ2v) is 7.07. The van der Waals surface area contributed by atoms with E-state index in [2.05, 4.69) is 15.5 Å². The first-order valence-electron chi connectivity index (χ1n) is 9.09. The normalized spacial score (nSPS) is 11.2. The minimum atomic E-state index is -0.221. The van der Waals surface area contributed by atoms with Crippen molar-refractivity contribution in [3.63, 3.8) is 0 Å². The molecule has 2 N–H and O–H groups in total. The summed E-state index contributed by atoms with van der Waals surface area (Å²) in [6, 6.07) is 15.2. The Morgan fingerprint density at radius 2 is 1.89 bits per heavy atom. The van der Waals surface area contributed by atoms with Crippen molar-refractivity contribution in [1.82, 2.24) is 20.1 Å². The van der Waals surface area contributed by atoms with Gasteiger partial charge in [-0.05, 0) is 30.2 Å². The van der Waals surface area contributed by atoms with E-state index >= 15 is 0 Å². The number of hydrogen-bond donors (Lipinski definition) is 2. The largest absolute Gasteiger partial charge is 0.352 e. The number of benzene rings is 2. The molecule has 142 valence electrons. The van der Waals surface area contributed by atoms with E-state index < -0.39 is 0 Å². The number of carbonyl (C=O) groups is 1. The van der Waals surface area contributed by atoms with Crippen LogP contribution in [0.4, 0.5) is 0 Å². The molecule has 0 bridgehead atoms. The van der Waals surface area contributed by atoms with E-state index in [-0.39, 0.29) is 11.5 Å². The van der Waals surface area contributed by atoms with Gasteiger partial charge in [0, 0.05) is 40.8 Å². The van der Waals surface area contributed by atoms with Crippen LogP contribution in [0.3, 0.4) is 0 Å². The summed E-state index contributed by atoms with van der Waals surface area (Å²) in [7, 11) is 0. The molecule has 4 aromatic rings. The number of amides is 1. The summed E-state index contributed by atoms with van der Waals surface area (Å²) >= 11 is 5.87. The number of aryl methyl sites for hydroxylation is 1. The number of halogens is 1. The lowest BCUT2D eigenvalue weighted by molar-refractivity contribution is -0.121. The number of nitrogens with zero attached hydrogens (tertiary/aromatic N) is 2. The van der Waals surface area contributed by atoms with Crippen LogP contribution < -0.4 is 10.9 Å². The van der Waals surface area contributed by atoms with Gasteiger partial charge in [0.2, 0.25) is 5.91 Å². The van der Waals surface area contributed by atoms with Crippen LogP contribution in [0.5, 0.6) is 0 Å². The molecule has 0 radical (unpaired) electrons. The Bertz CT molecular complexity index is 1190. The van der Waals surface area contributed by atoms with Crippen LogP contribution in [-0.2, 0) is 17.9 Å². The predicted molar refractivity (Wildman–Crippen MR) is 110 cm³/mol. The van der Waals surface area contributed by atoms with Crippen LogP contribution in [-0.4, -0.2) is 20.7 Å². The third-order valence-electron chi connectivity index (χ3n) is 4.77. The SMILES string of the molecule is O=C(CCCn1c2ccccc2c2cn[nH]c(=O)c21)NCc1ccc(Cl)cc1. The molecule has 0 aliphatic rings. The quantitative estimate of drug-likeness (QED) is 0.524. The van der Waals surface area contributed by atoms with E-state index in [0.717, 1.165) is 21.9 Å². The molecule has 6 nitrogen and oxygen atoms in total. The number of H-pyrrole nitrogens is 1. The van der Waals surface area contributed by atoms with Crippen molar-refractivity contribution < 1.29 is 4.79 Å². The van der Waals surface area contributed by atoms with Crippen LogP contribution in [0.1, 0.15) is 18.4 Å². The number of hydrogen-bond acceptors (Lipinski definition) is 3. The lowest BCUT2D eigenvalue weighted by Crippen LogP contribution is -2.23. The summed E-state index contributed by atoms with van der Waals surface area (Å²) in [6.07, 6.45) is 2.68. The van der Waals surface area contributed by atoms with Gasteiger partial charge in [-0.25, -0.2) is 5.10 Å². The van der Waals surface area contributed by atoms with Crippen molar-refractivity contribution in [3.8, 4) is 0 Å². The van der Waals surface area contributed by atoms with Crippen LogP contribution in [0, 0.1) is 0 Å². The highest BCUT2D eigenvalue weighted by molar-refractivity contribution is 6.30. The molecule has 0 saturated heterocycles. The summed E-state index contributed by atoms with van der Waals surface area (Å²) in [4.78, 5) is 24.5. The van der Waals surface area contributed by atoms with E-state index in [0.29, 0.717) is 36.5 Å². The molecular weight excluding hydrogens is 376 g/mol. The zero-order valence-corrected chi connectivity index (χ0v) is 15.9. The molecule has 2 aromatic carbocycles. The van der Waals surface area contributed by atoms with Crippen molar-refractivity contribution in [3.05, 3.63) is 75.7 Å². The van der Waals surface area contributed by atoms with E-state index in [1.807, 2.05) is 41.0 Å². The van der Waals surface area contributed by atoms with E-state index in [4.69, 9.17) is 11.6 Å². The second-order valence-electron chi connectivity index (χ2n) is 6.64. The van der Waals surface area contributed by atoms with Gasteiger partial charge < -0.3 is 9.88 Å². The highest BCUT2D eigenvalue weighted by atomic mass is 35.5. The molecule has 7 heteroatoms. The van der Waals surface area contributed by atoms with Gasteiger partial charge in [-0.2, -0.15) is 5.10 Å². The van der Waals surface area contributed by atoms with Gasteiger partial charge in [0.15, 0.2) is 0 Å². The first-order chi connectivity index (χ1) is 13.6. The smallest absolute Gasteiger partial charge is 0.288 e. The number of fused-ring (bicyclic) bond motifs is 3. The number of aromatic amines is 1. The summed E-state index contributed by atoms with van der Waals surface area (Å²) in [5, 5.41) is 11.8. The average Bonchev–Trinajstić information content (AvgIpc) is 3.03. The fraction of sp³-hybridized carbons (Fsp3) is 0.190. The zero-order valence-electron chi connectivity index (χ0n) is 15.1. The van der Waals surface area contributed by atoms with Gasteiger partial charge in [-0.15, -0.1) is 0 Å². The van der Waals surface area contributed by atoms with Gasteiger partial charge >= 0.3 is 0 Å². The first-order valence-corrected chi connectivity index (χ1v) is 9.47. The number of carbonyl (C=O) groups excluding carboxylic acids is 1. The minimum Gasteiger partial charge on any atom is -0.352 e. The Labute approximate surface area is 166 Å². The number of aromatic nitrogens is 3. The average molecular weight is 395 g/mol. The fourth-order valence-corrected chi connectivity index (χ4v) is 3.56. The molecule has 4 rings (SSSR count). The third-order valence-corrected chi connectivity index (χ3v) is 5.03. The van der Waals surface area contributed by atoms with E-state index in [1.165, 1.54) is 0 Å². The Kier molecular flexibility index (Phi) is 5.12. The predicted octanol–water partition coefficient (Wildman–Crippen LogP) is 3.63. The van der Waals surface area contributed by atoms with Gasteiger partial charge in [-0.1, -0.05) is 41.9 Å². The number of para-hydroxylation sites is 1. The minimum absolute atomic E-state index is 0.0220. The molecule has 1 amide bonds. The first kappa shape index (κ1) is 18.3. The summed E-state index contributed by atoms with van der Waals surface area (Å²) in [5.74, 6) is -0.0220. The van der Waals surface area contributed by atoms with Gasteiger partial charge in [-0.3, -0.25) is 9.59 Å². The van der Waals surface area contributed by atoms with Crippen LogP contribution in [0.15, 0.2) is 59.5 Å². The lowest BCUT2D eigenvalue weighted by Gasteiger charge is -2.08. The molecule has 0 atom stereocenters. The molecule has 2 heterocycles. The highest BCUT2D eigenvalue weighted by Gasteiger charge is 2.13. The van der Waals surface area contributed by atoms with E-state index in [1.54, 1.807) is 18.3 Å². The Balaban J connectivity index is 1.44. The van der Waals surface area contributed by atoms with Crippen molar-refractivity contribution >= 4 is 39.3 Å². The zero-order chi connectivity index (χ0) is 19.5. The second kappa shape index (κ2) is 7.86. The van der Waals surface area contributed by atoms with Gasteiger partial charge in [0.05, 0.1) is 6.20 Å². The Morgan fingerprint density at radius 1 is 1.11 bits per heavy atom. The highest BCUT2D eigenvalue weighted by Crippen LogP contribution is 2.26. The molecule has 0 spiro atoms.